The van der Waals surface area contributed by atoms with Gasteiger partial charge in [-0.3, -0.25) is 14.4 Å². The van der Waals surface area contributed by atoms with E-state index < -0.39 is 17.8 Å². The topological polar surface area (TPSA) is 95.5 Å². The summed E-state index contributed by atoms with van der Waals surface area (Å²) in [6, 6.07) is 5.00. The van der Waals surface area contributed by atoms with E-state index in [4.69, 9.17) is 5.11 Å². The molecule has 2 amide bonds. The molecule has 0 aromatic heterocycles. The SMILES string of the molecule is CNC(=O)c1cccc(NC(=O)C(C)C(C)C(=O)O)c1C. The largest absolute Gasteiger partial charge is 0.481 e. The zero-order valence-corrected chi connectivity index (χ0v) is 12.6. The van der Waals surface area contributed by atoms with Gasteiger partial charge < -0.3 is 15.7 Å². The lowest BCUT2D eigenvalue weighted by Gasteiger charge is -2.17. The summed E-state index contributed by atoms with van der Waals surface area (Å²) in [5.41, 5.74) is 1.61. The van der Waals surface area contributed by atoms with Crippen molar-refractivity contribution in [2.24, 2.45) is 11.8 Å². The third kappa shape index (κ3) is 3.81. The normalized spacial score (nSPS) is 13.1. The van der Waals surface area contributed by atoms with Crippen molar-refractivity contribution in [2.45, 2.75) is 20.8 Å². The molecule has 0 bridgehead atoms. The molecule has 0 spiro atoms. The second-order valence-corrected chi connectivity index (χ2v) is 4.96. The number of amides is 2. The maximum atomic E-state index is 12.1. The van der Waals surface area contributed by atoms with E-state index in [-0.39, 0.29) is 11.8 Å². The van der Waals surface area contributed by atoms with Crippen molar-refractivity contribution in [3.05, 3.63) is 29.3 Å². The van der Waals surface area contributed by atoms with Crippen molar-refractivity contribution in [1.29, 1.82) is 0 Å². The van der Waals surface area contributed by atoms with Crippen LogP contribution >= 0.6 is 0 Å². The van der Waals surface area contributed by atoms with E-state index in [0.717, 1.165) is 0 Å². The smallest absolute Gasteiger partial charge is 0.307 e. The lowest BCUT2D eigenvalue weighted by Crippen LogP contribution is -2.30. The summed E-state index contributed by atoms with van der Waals surface area (Å²) in [5, 5.41) is 14.1. The number of carboxylic acids is 1. The van der Waals surface area contributed by atoms with Crippen molar-refractivity contribution in [3.8, 4) is 0 Å². The Balaban J connectivity index is 2.96. The van der Waals surface area contributed by atoms with Crippen LogP contribution in [-0.4, -0.2) is 29.9 Å². The third-order valence-corrected chi connectivity index (χ3v) is 3.62. The van der Waals surface area contributed by atoms with Crippen LogP contribution in [0.4, 0.5) is 5.69 Å². The molecule has 0 saturated carbocycles. The number of nitrogens with one attached hydrogen (secondary N) is 2. The average Bonchev–Trinajstić information content (AvgIpc) is 2.46. The summed E-state index contributed by atoms with van der Waals surface area (Å²) in [5.74, 6) is -3.11. The third-order valence-electron chi connectivity index (χ3n) is 3.62. The molecule has 0 fully saturated rings. The zero-order chi connectivity index (χ0) is 16.2. The molecule has 0 aliphatic rings. The van der Waals surface area contributed by atoms with Gasteiger partial charge in [-0.1, -0.05) is 19.9 Å². The fourth-order valence-electron chi connectivity index (χ4n) is 1.84. The van der Waals surface area contributed by atoms with E-state index >= 15 is 0 Å². The van der Waals surface area contributed by atoms with Gasteiger partial charge in [-0.15, -0.1) is 0 Å². The summed E-state index contributed by atoms with van der Waals surface area (Å²) in [6.45, 7) is 4.78. The van der Waals surface area contributed by atoms with Crippen molar-refractivity contribution in [3.63, 3.8) is 0 Å². The van der Waals surface area contributed by atoms with Gasteiger partial charge in [0.15, 0.2) is 0 Å². The second kappa shape index (κ2) is 6.88. The van der Waals surface area contributed by atoms with Gasteiger partial charge in [0.2, 0.25) is 5.91 Å². The fourth-order valence-corrected chi connectivity index (χ4v) is 1.84. The van der Waals surface area contributed by atoms with Crippen molar-refractivity contribution >= 4 is 23.5 Å². The Morgan fingerprint density at radius 1 is 1.14 bits per heavy atom. The monoisotopic (exact) mass is 292 g/mol. The van der Waals surface area contributed by atoms with Crippen LogP contribution in [0, 0.1) is 18.8 Å². The molecular weight excluding hydrogens is 272 g/mol. The highest BCUT2D eigenvalue weighted by molar-refractivity contribution is 6.00. The van der Waals surface area contributed by atoms with Gasteiger partial charge in [0, 0.05) is 24.2 Å². The number of carboxylic acid groups (broad SMARTS) is 1. The highest BCUT2D eigenvalue weighted by Gasteiger charge is 2.26. The maximum Gasteiger partial charge on any atom is 0.307 e. The van der Waals surface area contributed by atoms with Crippen LogP contribution in [0.3, 0.4) is 0 Å². The van der Waals surface area contributed by atoms with E-state index in [9.17, 15) is 14.4 Å². The summed E-state index contributed by atoms with van der Waals surface area (Å²) in [4.78, 5) is 34.7. The maximum absolute atomic E-state index is 12.1. The number of carbonyl (C=O) groups excluding carboxylic acids is 2. The molecule has 1 rings (SSSR count). The molecule has 2 unspecified atom stereocenters. The molecule has 114 valence electrons. The Kier molecular flexibility index (Phi) is 5.46. The van der Waals surface area contributed by atoms with Gasteiger partial charge in [0.25, 0.3) is 5.91 Å². The first-order valence-corrected chi connectivity index (χ1v) is 6.65. The van der Waals surface area contributed by atoms with Crippen LogP contribution in [-0.2, 0) is 9.59 Å². The standard InChI is InChI=1S/C15H20N2O4/c1-8(9(2)15(20)21)13(18)17-12-7-5-6-11(10(12)3)14(19)16-4/h5-9H,1-4H3,(H,16,19)(H,17,18)(H,20,21). The highest BCUT2D eigenvalue weighted by atomic mass is 16.4. The highest BCUT2D eigenvalue weighted by Crippen LogP contribution is 2.21. The minimum absolute atomic E-state index is 0.240. The molecule has 0 radical (unpaired) electrons. The van der Waals surface area contributed by atoms with Gasteiger partial charge in [-0.05, 0) is 24.6 Å². The molecule has 21 heavy (non-hydrogen) atoms. The van der Waals surface area contributed by atoms with Crippen LogP contribution in [0.5, 0.6) is 0 Å². The van der Waals surface area contributed by atoms with Crippen LogP contribution in [0.25, 0.3) is 0 Å². The van der Waals surface area contributed by atoms with E-state index in [0.29, 0.717) is 16.8 Å². The first kappa shape index (κ1) is 16.7. The van der Waals surface area contributed by atoms with Gasteiger partial charge in [0.1, 0.15) is 0 Å². The van der Waals surface area contributed by atoms with Crippen LogP contribution in [0.1, 0.15) is 29.8 Å². The fraction of sp³-hybridized carbons (Fsp3) is 0.400. The molecule has 6 heteroatoms. The molecule has 0 aliphatic carbocycles. The molecule has 3 N–H and O–H groups in total. The van der Waals surface area contributed by atoms with Crippen LogP contribution in [0.2, 0.25) is 0 Å². The molecule has 6 nitrogen and oxygen atoms in total. The van der Waals surface area contributed by atoms with Crippen molar-refractivity contribution < 1.29 is 19.5 Å². The minimum atomic E-state index is -1.02. The molecule has 0 saturated heterocycles. The minimum Gasteiger partial charge on any atom is -0.481 e. The lowest BCUT2D eigenvalue weighted by molar-refractivity contribution is -0.145. The number of benzene rings is 1. The molecule has 0 heterocycles. The van der Waals surface area contributed by atoms with Gasteiger partial charge in [-0.25, -0.2) is 0 Å². The lowest BCUT2D eigenvalue weighted by atomic mass is 9.95. The Labute approximate surface area is 123 Å². The number of aliphatic carboxylic acids is 1. The van der Waals surface area contributed by atoms with Crippen molar-refractivity contribution in [2.75, 3.05) is 12.4 Å². The van der Waals surface area contributed by atoms with Gasteiger partial charge in [-0.2, -0.15) is 0 Å². The van der Waals surface area contributed by atoms with E-state index in [1.807, 2.05) is 0 Å². The average molecular weight is 292 g/mol. The Morgan fingerprint density at radius 2 is 1.76 bits per heavy atom. The van der Waals surface area contributed by atoms with Gasteiger partial charge >= 0.3 is 5.97 Å². The van der Waals surface area contributed by atoms with E-state index in [1.54, 1.807) is 32.0 Å². The Bertz CT molecular complexity index is 569. The summed E-state index contributed by atoms with van der Waals surface area (Å²) < 4.78 is 0. The van der Waals surface area contributed by atoms with E-state index in [1.165, 1.54) is 14.0 Å². The molecular formula is C15H20N2O4. The summed E-state index contributed by atoms with van der Waals surface area (Å²) in [6.07, 6.45) is 0. The number of hydrogen-bond donors (Lipinski definition) is 3. The summed E-state index contributed by atoms with van der Waals surface area (Å²) >= 11 is 0. The molecule has 2 atom stereocenters. The molecule has 1 aromatic rings. The number of hydrogen-bond acceptors (Lipinski definition) is 3. The number of rotatable bonds is 5. The van der Waals surface area contributed by atoms with Crippen LogP contribution < -0.4 is 10.6 Å². The molecule has 1 aromatic carbocycles. The van der Waals surface area contributed by atoms with E-state index in [2.05, 4.69) is 10.6 Å². The quantitative estimate of drug-likeness (QED) is 0.769. The zero-order valence-electron chi connectivity index (χ0n) is 12.6. The Morgan fingerprint density at radius 3 is 2.29 bits per heavy atom. The number of carbonyl (C=O) groups is 3. The Hall–Kier alpha value is -2.37. The predicted molar refractivity (Wildman–Crippen MR) is 79.2 cm³/mol. The van der Waals surface area contributed by atoms with Crippen LogP contribution in [0.15, 0.2) is 18.2 Å². The summed E-state index contributed by atoms with van der Waals surface area (Å²) in [7, 11) is 1.53. The molecule has 0 aliphatic heterocycles. The first-order valence-electron chi connectivity index (χ1n) is 6.65. The number of anilines is 1. The predicted octanol–water partition coefficient (Wildman–Crippen LogP) is 1.65. The van der Waals surface area contributed by atoms with Gasteiger partial charge in [0.05, 0.1) is 5.92 Å². The first-order chi connectivity index (χ1) is 9.79. The second-order valence-electron chi connectivity index (χ2n) is 4.96. The van der Waals surface area contributed by atoms with Crippen molar-refractivity contribution in [1.82, 2.24) is 5.32 Å².